The average molecular weight is 542 g/mol. The smallest absolute Gasteiger partial charge is 0.328 e. The summed E-state index contributed by atoms with van der Waals surface area (Å²) in [6.07, 6.45) is 1.33. The number of benzene rings is 1. The first-order chi connectivity index (χ1) is 18.6. The number of fused-ring (bicyclic) bond motifs is 1. The van der Waals surface area contributed by atoms with Gasteiger partial charge in [0.1, 0.15) is 6.04 Å². The van der Waals surface area contributed by atoms with Crippen molar-refractivity contribution in [3.05, 3.63) is 35.5 Å². The number of hydrogen-bond acceptors (Lipinski definition) is 11. The van der Waals surface area contributed by atoms with Gasteiger partial charge in [0, 0.05) is 37.2 Å². The van der Waals surface area contributed by atoms with E-state index in [1.54, 1.807) is 43.0 Å². The number of aromatic nitrogens is 2. The quantitative estimate of drug-likeness (QED) is 0.301. The van der Waals surface area contributed by atoms with E-state index in [2.05, 4.69) is 20.6 Å². The van der Waals surface area contributed by atoms with Crippen LogP contribution in [0.1, 0.15) is 56.1 Å². The monoisotopic (exact) mass is 541 g/mol. The highest BCUT2D eigenvalue weighted by Crippen LogP contribution is 2.29. The molecule has 39 heavy (non-hydrogen) atoms. The van der Waals surface area contributed by atoms with Crippen LogP contribution in [-0.4, -0.2) is 65.6 Å². The summed E-state index contributed by atoms with van der Waals surface area (Å²) in [7, 11) is 0. The maximum absolute atomic E-state index is 12.9. The van der Waals surface area contributed by atoms with Crippen LogP contribution in [0.15, 0.2) is 24.3 Å². The first-order valence-electron chi connectivity index (χ1n) is 12.8. The Morgan fingerprint density at radius 1 is 1.10 bits per heavy atom. The number of anilines is 4. The van der Waals surface area contributed by atoms with Gasteiger partial charge in [-0.1, -0.05) is 0 Å². The third kappa shape index (κ3) is 7.79. The van der Waals surface area contributed by atoms with Gasteiger partial charge in [-0.2, -0.15) is 4.98 Å². The molecule has 210 valence electrons. The zero-order valence-electron chi connectivity index (χ0n) is 22.4. The number of esters is 2. The number of nitrogens with zero attached hydrogens (tertiary/aromatic N) is 3. The van der Waals surface area contributed by atoms with Crippen LogP contribution in [-0.2, 0) is 30.3 Å². The van der Waals surface area contributed by atoms with Crippen LogP contribution in [0.4, 0.5) is 23.1 Å². The summed E-state index contributed by atoms with van der Waals surface area (Å²) in [5.41, 5.74) is 13.9. The molecule has 13 heteroatoms. The zero-order chi connectivity index (χ0) is 28.5. The van der Waals surface area contributed by atoms with Crippen molar-refractivity contribution in [2.24, 2.45) is 0 Å². The van der Waals surface area contributed by atoms with Crippen LogP contribution in [0.3, 0.4) is 0 Å². The highest BCUT2D eigenvalue weighted by atomic mass is 16.5. The number of aryl methyl sites for hydroxylation is 1. The minimum atomic E-state index is -1.01. The van der Waals surface area contributed by atoms with E-state index in [0.29, 0.717) is 30.8 Å². The standard InChI is InChI=1S/C26H35N7O6/c1-4-38-21(35)13-12-20(25(37)39-5-2)30-24(36)16-6-9-18(10-7-16)33(15(3)34)14-17-8-11-19-22(29-17)23(27)32-26(28)31-19/h6-7,9-10,17,20,29H,4-5,8,11-14H2,1-3H3,(H,30,36)(H4,27,28,31,32)/t17?,20-/m0/s1. The molecule has 6 N–H and O–H groups in total. The van der Waals surface area contributed by atoms with Crippen molar-refractivity contribution in [3.63, 3.8) is 0 Å². The van der Waals surface area contributed by atoms with Crippen molar-refractivity contribution in [2.45, 2.75) is 58.5 Å². The van der Waals surface area contributed by atoms with Gasteiger partial charge in [0.2, 0.25) is 11.9 Å². The van der Waals surface area contributed by atoms with Crippen LogP contribution in [0.5, 0.6) is 0 Å². The van der Waals surface area contributed by atoms with Crippen LogP contribution in [0.25, 0.3) is 0 Å². The molecule has 1 aliphatic rings. The van der Waals surface area contributed by atoms with Crippen molar-refractivity contribution in [2.75, 3.05) is 41.4 Å². The molecule has 1 aromatic carbocycles. The van der Waals surface area contributed by atoms with E-state index in [1.165, 1.54) is 6.92 Å². The van der Waals surface area contributed by atoms with Crippen LogP contribution >= 0.6 is 0 Å². The Bertz CT molecular complexity index is 1200. The number of carbonyl (C=O) groups is 4. The van der Waals surface area contributed by atoms with E-state index in [9.17, 15) is 19.2 Å². The van der Waals surface area contributed by atoms with Gasteiger partial charge in [-0.15, -0.1) is 0 Å². The van der Waals surface area contributed by atoms with E-state index in [1.807, 2.05) is 0 Å². The summed E-state index contributed by atoms with van der Waals surface area (Å²) in [6.45, 7) is 5.51. The Hall–Kier alpha value is -4.42. The van der Waals surface area contributed by atoms with E-state index >= 15 is 0 Å². The predicted molar refractivity (Wildman–Crippen MR) is 145 cm³/mol. The highest BCUT2D eigenvalue weighted by molar-refractivity contribution is 5.98. The van der Waals surface area contributed by atoms with Crippen LogP contribution in [0, 0.1) is 0 Å². The van der Waals surface area contributed by atoms with Gasteiger partial charge < -0.3 is 36.5 Å². The minimum absolute atomic E-state index is 0.0409. The summed E-state index contributed by atoms with van der Waals surface area (Å²) in [5.74, 6) is -1.42. The van der Waals surface area contributed by atoms with Crippen molar-refractivity contribution >= 4 is 46.9 Å². The molecule has 0 saturated heterocycles. The number of amides is 2. The number of carbonyl (C=O) groups excluding carboxylic acids is 4. The summed E-state index contributed by atoms with van der Waals surface area (Å²) < 4.78 is 9.94. The van der Waals surface area contributed by atoms with Crippen molar-refractivity contribution in [3.8, 4) is 0 Å². The molecular formula is C26H35N7O6. The van der Waals surface area contributed by atoms with E-state index in [4.69, 9.17) is 20.9 Å². The first kappa shape index (κ1) is 29.1. The third-order valence-corrected chi connectivity index (χ3v) is 6.15. The van der Waals surface area contributed by atoms with Crippen LogP contribution in [0.2, 0.25) is 0 Å². The van der Waals surface area contributed by atoms with Crippen molar-refractivity contribution < 1.29 is 28.7 Å². The van der Waals surface area contributed by atoms with Gasteiger partial charge in [0.05, 0.1) is 24.6 Å². The Morgan fingerprint density at radius 2 is 1.79 bits per heavy atom. The second kappa shape index (κ2) is 13.4. The van der Waals surface area contributed by atoms with E-state index in [0.717, 1.165) is 5.69 Å². The number of nitrogens with two attached hydrogens (primary N) is 2. The van der Waals surface area contributed by atoms with Gasteiger partial charge >= 0.3 is 11.9 Å². The highest BCUT2D eigenvalue weighted by Gasteiger charge is 2.27. The summed E-state index contributed by atoms with van der Waals surface area (Å²) >= 11 is 0. The normalized spacial score (nSPS) is 14.8. The van der Waals surface area contributed by atoms with E-state index < -0.39 is 23.9 Å². The van der Waals surface area contributed by atoms with Gasteiger partial charge in [0.15, 0.2) is 5.82 Å². The lowest BCUT2D eigenvalue weighted by Gasteiger charge is -2.32. The molecule has 1 unspecified atom stereocenters. The van der Waals surface area contributed by atoms with Gasteiger partial charge in [0.25, 0.3) is 5.91 Å². The molecular weight excluding hydrogens is 506 g/mol. The number of ether oxygens (including phenoxy) is 2. The van der Waals surface area contributed by atoms with Gasteiger partial charge in [-0.3, -0.25) is 14.4 Å². The Balaban J connectivity index is 1.68. The lowest BCUT2D eigenvalue weighted by Crippen LogP contribution is -2.42. The number of hydrogen-bond donors (Lipinski definition) is 4. The number of nitrogens with one attached hydrogen (secondary N) is 2. The SMILES string of the molecule is CCOC(=O)CC[C@H](NC(=O)c1ccc(N(CC2CCc3nc(N)nc(N)c3N2)C(C)=O)cc1)C(=O)OCC. The molecule has 2 heterocycles. The van der Waals surface area contributed by atoms with Crippen molar-refractivity contribution in [1.82, 2.24) is 15.3 Å². The molecule has 0 bridgehead atoms. The van der Waals surface area contributed by atoms with E-state index in [-0.39, 0.29) is 55.3 Å². The molecule has 13 nitrogen and oxygen atoms in total. The number of nitrogen functional groups attached to an aromatic ring is 2. The maximum atomic E-state index is 12.9. The summed E-state index contributed by atoms with van der Waals surface area (Å²) in [5, 5.41) is 5.93. The fourth-order valence-electron chi connectivity index (χ4n) is 4.27. The van der Waals surface area contributed by atoms with Crippen LogP contribution < -0.4 is 27.0 Å². The molecule has 1 aromatic heterocycles. The molecule has 0 saturated carbocycles. The Kier molecular flexibility index (Phi) is 10.0. The molecule has 0 spiro atoms. The molecule has 3 rings (SSSR count). The largest absolute Gasteiger partial charge is 0.466 e. The molecule has 0 aliphatic carbocycles. The lowest BCUT2D eigenvalue weighted by atomic mass is 10.0. The lowest BCUT2D eigenvalue weighted by molar-refractivity contribution is -0.146. The summed E-state index contributed by atoms with van der Waals surface area (Å²) in [4.78, 5) is 59.3. The second-order valence-electron chi connectivity index (χ2n) is 8.97. The fourth-order valence-corrected chi connectivity index (χ4v) is 4.27. The van der Waals surface area contributed by atoms with Gasteiger partial charge in [-0.05, 0) is 57.4 Å². The maximum Gasteiger partial charge on any atom is 0.328 e. The Labute approximate surface area is 226 Å². The molecule has 2 aromatic rings. The first-order valence-corrected chi connectivity index (χ1v) is 12.8. The van der Waals surface area contributed by atoms with Crippen molar-refractivity contribution in [1.29, 1.82) is 0 Å². The topological polar surface area (TPSA) is 192 Å². The molecule has 2 amide bonds. The molecule has 0 radical (unpaired) electrons. The van der Waals surface area contributed by atoms with Gasteiger partial charge in [-0.25, -0.2) is 9.78 Å². The number of rotatable bonds is 11. The molecule has 1 aliphatic heterocycles. The second-order valence-corrected chi connectivity index (χ2v) is 8.97. The fraction of sp³-hybridized carbons (Fsp3) is 0.462. The minimum Gasteiger partial charge on any atom is -0.466 e. The predicted octanol–water partition coefficient (Wildman–Crippen LogP) is 1.43. The average Bonchev–Trinajstić information content (AvgIpc) is 2.90. The summed E-state index contributed by atoms with van der Waals surface area (Å²) in [6, 6.07) is 5.32. The Morgan fingerprint density at radius 3 is 2.44 bits per heavy atom. The molecule has 0 fully saturated rings. The third-order valence-electron chi connectivity index (χ3n) is 6.15. The zero-order valence-corrected chi connectivity index (χ0v) is 22.4. The molecule has 2 atom stereocenters.